The number of carbonyl (C=O) groups excluding carboxylic acids is 2. The Bertz CT molecular complexity index is 1030. The standard InChI is InChI=1S/C22H23F3N2O6/c1-11-5-7-12(8-6-11)18(28)16-17(26-20(29)27-21(16,30)22(23,24)25)13-9-14(31-2)19(33-4)15(10-13)32-3/h5-10,16-17,30H,1-4H3,(H2,26,27,29)/t16-,17-,21-/m1/s1. The smallest absolute Gasteiger partial charge is 0.437 e. The van der Waals surface area contributed by atoms with Crippen molar-refractivity contribution in [3.05, 3.63) is 53.1 Å². The minimum Gasteiger partial charge on any atom is -0.493 e. The van der Waals surface area contributed by atoms with E-state index in [0.29, 0.717) is 0 Å². The molecule has 0 aliphatic carbocycles. The summed E-state index contributed by atoms with van der Waals surface area (Å²) in [6, 6.07) is 5.56. The Balaban J connectivity index is 2.24. The van der Waals surface area contributed by atoms with Crippen molar-refractivity contribution in [2.45, 2.75) is 24.9 Å². The van der Waals surface area contributed by atoms with Crippen LogP contribution in [0.25, 0.3) is 0 Å². The molecule has 1 aliphatic rings. The van der Waals surface area contributed by atoms with Gasteiger partial charge < -0.3 is 30.0 Å². The average molecular weight is 468 g/mol. The molecule has 0 spiro atoms. The zero-order valence-electron chi connectivity index (χ0n) is 18.2. The van der Waals surface area contributed by atoms with Gasteiger partial charge in [0.1, 0.15) is 5.92 Å². The number of alkyl halides is 3. The fraction of sp³-hybridized carbons (Fsp3) is 0.364. The number of hydrogen-bond acceptors (Lipinski definition) is 6. The lowest BCUT2D eigenvalue weighted by Crippen LogP contribution is -2.72. The van der Waals surface area contributed by atoms with Crippen molar-refractivity contribution < 1.29 is 42.1 Å². The van der Waals surface area contributed by atoms with E-state index in [1.165, 1.54) is 50.9 Å². The number of ether oxygens (including phenoxy) is 3. The molecule has 0 aromatic heterocycles. The molecule has 0 unspecified atom stereocenters. The number of methoxy groups -OCH3 is 3. The van der Waals surface area contributed by atoms with E-state index >= 15 is 0 Å². The topological polar surface area (TPSA) is 106 Å². The van der Waals surface area contributed by atoms with Gasteiger partial charge in [-0.1, -0.05) is 29.8 Å². The minimum atomic E-state index is -5.37. The zero-order valence-corrected chi connectivity index (χ0v) is 18.2. The van der Waals surface area contributed by atoms with Crippen molar-refractivity contribution in [2.75, 3.05) is 21.3 Å². The van der Waals surface area contributed by atoms with E-state index < -0.39 is 35.7 Å². The fourth-order valence-electron chi connectivity index (χ4n) is 3.80. The monoisotopic (exact) mass is 468 g/mol. The molecule has 3 rings (SSSR count). The van der Waals surface area contributed by atoms with Gasteiger partial charge in [-0.25, -0.2) is 4.79 Å². The van der Waals surface area contributed by atoms with Crippen LogP contribution in [0, 0.1) is 12.8 Å². The lowest BCUT2D eigenvalue weighted by molar-refractivity contribution is -0.287. The Morgan fingerprint density at radius 2 is 1.58 bits per heavy atom. The third-order valence-corrected chi connectivity index (χ3v) is 5.47. The number of aliphatic hydroxyl groups is 1. The van der Waals surface area contributed by atoms with Gasteiger partial charge in [-0.2, -0.15) is 13.2 Å². The molecule has 2 aromatic carbocycles. The van der Waals surface area contributed by atoms with Crippen LogP contribution in [0.3, 0.4) is 0 Å². The lowest BCUT2D eigenvalue weighted by atomic mass is 9.77. The Morgan fingerprint density at radius 3 is 2.03 bits per heavy atom. The summed E-state index contributed by atoms with van der Waals surface area (Å²) in [5.41, 5.74) is -3.09. The summed E-state index contributed by atoms with van der Waals surface area (Å²) in [6.45, 7) is 1.75. The number of rotatable bonds is 6. The molecular formula is C22H23F3N2O6. The first-order chi connectivity index (χ1) is 15.5. The van der Waals surface area contributed by atoms with Gasteiger partial charge in [0.15, 0.2) is 17.3 Å². The minimum absolute atomic E-state index is 0.0347. The van der Waals surface area contributed by atoms with Crippen molar-refractivity contribution in [3.63, 3.8) is 0 Å². The fourth-order valence-corrected chi connectivity index (χ4v) is 3.80. The normalized spacial score (nSPS) is 22.7. The number of urea groups is 1. The summed E-state index contributed by atoms with van der Waals surface area (Å²) in [7, 11) is 3.96. The van der Waals surface area contributed by atoms with Gasteiger partial charge in [0.05, 0.1) is 27.4 Å². The third kappa shape index (κ3) is 4.28. The molecule has 1 heterocycles. The van der Waals surface area contributed by atoms with Crippen LogP contribution in [0.1, 0.15) is 27.5 Å². The number of amides is 2. The molecule has 11 heteroatoms. The number of benzene rings is 2. The predicted molar refractivity (Wildman–Crippen MR) is 111 cm³/mol. The molecule has 2 aromatic rings. The highest BCUT2D eigenvalue weighted by Crippen LogP contribution is 2.47. The van der Waals surface area contributed by atoms with Crippen LogP contribution in [-0.4, -0.2) is 50.2 Å². The molecule has 178 valence electrons. The summed E-state index contributed by atoms with van der Waals surface area (Å²) < 4.78 is 57.9. The maximum atomic E-state index is 14.1. The molecule has 33 heavy (non-hydrogen) atoms. The number of carbonyl (C=O) groups is 2. The van der Waals surface area contributed by atoms with E-state index in [0.717, 1.165) is 5.56 Å². The number of Topliss-reactive ketones (excluding diaryl/α,β-unsaturated/α-hetero) is 1. The second kappa shape index (κ2) is 8.81. The quantitative estimate of drug-likeness (QED) is 0.563. The van der Waals surface area contributed by atoms with Crippen LogP contribution in [0.4, 0.5) is 18.0 Å². The summed E-state index contributed by atoms with van der Waals surface area (Å²) >= 11 is 0. The number of nitrogens with one attached hydrogen (secondary N) is 2. The maximum absolute atomic E-state index is 14.1. The predicted octanol–water partition coefficient (Wildman–Crippen LogP) is 3.12. The number of halogens is 3. The van der Waals surface area contributed by atoms with Gasteiger partial charge >= 0.3 is 12.2 Å². The van der Waals surface area contributed by atoms with Crippen LogP contribution in [0.15, 0.2) is 36.4 Å². The van der Waals surface area contributed by atoms with Crippen molar-refractivity contribution >= 4 is 11.8 Å². The Labute approximate surface area is 187 Å². The van der Waals surface area contributed by atoms with Gasteiger partial charge in [0.2, 0.25) is 11.5 Å². The molecule has 3 atom stereocenters. The first-order valence-electron chi connectivity index (χ1n) is 9.75. The van der Waals surface area contributed by atoms with Crippen LogP contribution in [-0.2, 0) is 0 Å². The van der Waals surface area contributed by atoms with Crippen molar-refractivity contribution in [1.29, 1.82) is 0 Å². The van der Waals surface area contributed by atoms with E-state index in [4.69, 9.17) is 14.2 Å². The third-order valence-electron chi connectivity index (χ3n) is 5.47. The van der Waals surface area contributed by atoms with Gasteiger partial charge in [0.25, 0.3) is 0 Å². The first kappa shape index (κ1) is 24.2. The molecule has 8 nitrogen and oxygen atoms in total. The highest BCUT2D eigenvalue weighted by atomic mass is 19.4. The summed E-state index contributed by atoms with van der Waals surface area (Å²) in [6.07, 6.45) is -5.37. The summed E-state index contributed by atoms with van der Waals surface area (Å²) in [5, 5.41) is 14.5. The van der Waals surface area contributed by atoms with Crippen molar-refractivity contribution in [2.24, 2.45) is 5.92 Å². The highest BCUT2D eigenvalue weighted by molar-refractivity contribution is 6.00. The number of aryl methyl sites for hydroxylation is 1. The number of ketones is 1. The van der Waals surface area contributed by atoms with Gasteiger partial charge in [-0.15, -0.1) is 0 Å². The molecule has 0 bridgehead atoms. The highest BCUT2D eigenvalue weighted by Gasteiger charge is 2.66. The van der Waals surface area contributed by atoms with Crippen molar-refractivity contribution in [1.82, 2.24) is 10.6 Å². The van der Waals surface area contributed by atoms with Crippen molar-refractivity contribution in [3.8, 4) is 17.2 Å². The van der Waals surface area contributed by atoms with E-state index in [2.05, 4.69) is 5.32 Å². The molecule has 1 aliphatic heterocycles. The largest absolute Gasteiger partial charge is 0.493 e. The molecule has 0 radical (unpaired) electrons. The molecular weight excluding hydrogens is 445 g/mol. The molecule has 1 saturated heterocycles. The molecule has 2 amide bonds. The Morgan fingerprint density at radius 1 is 1.03 bits per heavy atom. The van der Waals surface area contributed by atoms with Crippen LogP contribution < -0.4 is 24.8 Å². The number of hydrogen-bond donors (Lipinski definition) is 3. The van der Waals surface area contributed by atoms with Crippen LogP contribution >= 0.6 is 0 Å². The second-order valence-electron chi connectivity index (χ2n) is 7.51. The van der Waals surface area contributed by atoms with Crippen LogP contribution in [0.5, 0.6) is 17.2 Å². The van der Waals surface area contributed by atoms with E-state index in [-0.39, 0.29) is 28.4 Å². The Kier molecular flexibility index (Phi) is 6.46. The SMILES string of the molecule is COc1cc([C@H]2NC(=O)N[C@](O)(C(F)(F)F)[C@H]2C(=O)c2ccc(C)cc2)cc(OC)c1OC. The molecule has 3 N–H and O–H groups in total. The first-order valence-corrected chi connectivity index (χ1v) is 9.75. The zero-order chi connectivity index (χ0) is 24.6. The summed E-state index contributed by atoms with van der Waals surface area (Å²) in [4.78, 5) is 25.6. The van der Waals surface area contributed by atoms with Crippen LogP contribution in [0.2, 0.25) is 0 Å². The van der Waals surface area contributed by atoms with Gasteiger partial charge in [-0.05, 0) is 24.6 Å². The van der Waals surface area contributed by atoms with E-state index in [9.17, 15) is 27.9 Å². The molecule has 1 fully saturated rings. The summed E-state index contributed by atoms with van der Waals surface area (Å²) in [5.74, 6) is -2.85. The molecule has 0 saturated carbocycles. The second-order valence-corrected chi connectivity index (χ2v) is 7.51. The Hall–Kier alpha value is -3.47. The van der Waals surface area contributed by atoms with E-state index in [1.807, 2.05) is 0 Å². The van der Waals surface area contributed by atoms with E-state index in [1.54, 1.807) is 19.1 Å². The van der Waals surface area contributed by atoms with Gasteiger partial charge in [-0.3, -0.25) is 4.79 Å². The lowest BCUT2D eigenvalue weighted by Gasteiger charge is -2.45. The average Bonchev–Trinajstić information content (AvgIpc) is 2.76. The van der Waals surface area contributed by atoms with Gasteiger partial charge in [0, 0.05) is 5.56 Å². The maximum Gasteiger partial charge on any atom is 0.437 e.